The molecular weight excluding hydrogens is 232 g/mol. The second-order valence-corrected chi connectivity index (χ2v) is 5.66. The molecule has 0 aromatic rings. The van der Waals surface area contributed by atoms with E-state index in [1.807, 2.05) is 0 Å². The van der Waals surface area contributed by atoms with Crippen molar-refractivity contribution in [3.05, 3.63) is 0 Å². The quantitative estimate of drug-likeness (QED) is 0.717. The van der Waals surface area contributed by atoms with E-state index in [0.29, 0.717) is 6.54 Å². The maximum absolute atomic E-state index is 10.1. The summed E-state index contributed by atoms with van der Waals surface area (Å²) in [4.78, 5) is 2.26. The normalized spacial score (nSPS) is 32.3. The first-order valence-electron chi connectivity index (χ1n) is 6.99. The zero-order valence-electron chi connectivity index (χ0n) is 11.4. The molecule has 2 rings (SSSR count). The van der Waals surface area contributed by atoms with Gasteiger partial charge in [0.2, 0.25) is 0 Å². The second-order valence-electron chi connectivity index (χ2n) is 5.66. The van der Waals surface area contributed by atoms with Crippen LogP contribution in [0, 0.1) is 0 Å². The lowest BCUT2D eigenvalue weighted by atomic mass is 9.95. The van der Waals surface area contributed by atoms with Crippen LogP contribution in [0.4, 0.5) is 0 Å². The monoisotopic (exact) mass is 258 g/mol. The van der Waals surface area contributed by atoms with Crippen molar-refractivity contribution in [3.8, 4) is 0 Å². The van der Waals surface area contributed by atoms with E-state index in [9.17, 15) is 5.11 Å². The van der Waals surface area contributed by atoms with Crippen molar-refractivity contribution in [1.29, 1.82) is 0 Å². The van der Waals surface area contributed by atoms with Gasteiger partial charge in [-0.3, -0.25) is 4.90 Å². The van der Waals surface area contributed by atoms with E-state index >= 15 is 0 Å². The Labute approximate surface area is 109 Å². The van der Waals surface area contributed by atoms with Crippen LogP contribution in [-0.2, 0) is 9.47 Å². The summed E-state index contributed by atoms with van der Waals surface area (Å²) < 4.78 is 10.8. The summed E-state index contributed by atoms with van der Waals surface area (Å²) in [6.07, 6.45) is 1.90. The molecule has 0 bridgehead atoms. The standard InChI is InChI=1S/C13H26N2O3/c1-13(3-2-6-18-11-13)14-9-12(16)10-15-4-7-17-8-5-15/h12,14,16H,2-11H2,1H3. The molecule has 2 saturated heterocycles. The lowest BCUT2D eigenvalue weighted by Gasteiger charge is -2.36. The van der Waals surface area contributed by atoms with Crippen molar-refractivity contribution < 1.29 is 14.6 Å². The van der Waals surface area contributed by atoms with Crippen LogP contribution < -0.4 is 5.32 Å². The molecule has 0 amide bonds. The zero-order chi connectivity index (χ0) is 12.8. The van der Waals surface area contributed by atoms with Gasteiger partial charge < -0.3 is 19.9 Å². The fourth-order valence-corrected chi connectivity index (χ4v) is 2.58. The van der Waals surface area contributed by atoms with Crippen LogP contribution in [-0.4, -0.2) is 74.3 Å². The number of β-amino-alcohol motifs (C(OH)–C–C–N with tert-alkyl or cyclic N) is 1. The Morgan fingerprint density at radius 2 is 2.06 bits per heavy atom. The molecular formula is C13H26N2O3. The maximum atomic E-state index is 10.1. The number of aliphatic hydroxyl groups is 1. The van der Waals surface area contributed by atoms with E-state index in [0.717, 1.165) is 58.9 Å². The van der Waals surface area contributed by atoms with E-state index < -0.39 is 0 Å². The maximum Gasteiger partial charge on any atom is 0.0791 e. The van der Waals surface area contributed by atoms with Crippen LogP contribution >= 0.6 is 0 Å². The second kappa shape index (κ2) is 6.82. The van der Waals surface area contributed by atoms with Crippen LogP contribution in [0.25, 0.3) is 0 Å². The number of nitrogens with one attached hydrogen (secondary N) is 1. The van der Waals surface area contributed by atoms with E-state index in [-0.39, 0.29) is 11.6 Å². The average Bonchev–Trinajstić information content (AvgIpc) is 2.39. The molecule has 5 heteroatoms. The van der Waals surface area contributed by atoms with Gasteiger partial charge in [0.15, 0.2) is 0 Å². The Morgan fingerprint density at radius 1 is 1.28 bits per heavy atom. The summed E-state index contributed by atoms with van der Waals surface area (Å²) in [5, 5.41) is 13.5. The van der Waals surface area contributed by atoms with Crippen LogP contribution in [0.5, 0.6) is 0 Å². The topological polar surface area (TPSA) is 54.0 Å². The first kappa shape index (κ1) is 14.2. The van der Waals surface area contributed by atoms with Crippen LogP contribution in [0.3, 0.4) is 0 Å². The molecule has 2 unspecified atom stereocenters. The van der Waals surface area contributed by atoms with Crippen LogP contribution in [0.1, 0.15) is 19.8 Å². The Hall–Kier alpha value is -0.200. The third-order valence-electron chi connectivity index (χ3n) is 3.77. The predicted molar refractivity (Wildman–Crippen MR) is 69.7 cm³/mol. The van der Waals surface area contributed by atoms with E-state index in [1.54, 1.807) is 0 Å². The number of ether oxygens (including phenoxy) is 2. The third kappa shape index (κ3) is 4.48. The van der Waals surface area contributed by atoms with Crippen molar-refractivity contribution in [3.63, 3.8) is 0 Å². The van der Waals surface area contributed by atoms with E-state index in [2.05, 4.69) is 17.1 Å². The van der Waals surface area contributed by atoms with Gasteiger partial charge in [-0.15, -0.1) is 0 Å². The molecule has 2 atom stereocenters. The Bertz CT molecular complexity index is 238. The summed E-state index contributed by atoms with van der Waals surface area (Å²) in [7, 11) is 0. The number of morpholine rings is 1. The average molecular weight is 258 g/mol. The highest BCUT2D eigenvalue weighted by Gasteiger charge is 2.27. The third-order valence-corrected chi connectivity index (χ3v) is 3.77. The molecule has 106 valence electrons. The minimum absolute atomic E-state index is 0.0320. The van der Waals surface area contributed by atoms with Gasteiger partial charge in [-0.25, -0.2) is 0 Å². The highest BCUT2D eigenvalue weighted by Crippen LogP contribution is 2.18. The highest BCUT2D eigenvalue weighted by atomic mass is 16.5. The van der Waals surface area contributed by atoms with E-state index in [1.165, 1.54) is 0 Å². The molecule has 2 aliphatic heterocycles. The molecule has 0 aromatic carbocycles. The van der Waals surface area contributed by atoms with Gasteiger partial charge in [-0.05, 0) is 19.8 Å². The summed E-state index contributed by atoms with van der Waals surface area (Å²) >= 11 is 0. The number of aliphatic hydroxyl groups excluding tert-OH is 1. The van der Waals surface area contributed by atoms with Crippen molar-refractivity contribution in [2.45, 2.75) is 31.4 Å². The summed E-state index contributed by atoms with van der Waals surface area (Å²) in [5.74, 6) is 0. The molecule has 18 heavy (non-hydrogen) atoms. The minimum atomic E-state index is -0.318. The smallest absolute Gasteiger partial charge is 0.0791 e. The number of rotatable bonds is 5. The predicted octanol–water partition coefficient (Wildman–Crippen LogP) is -0.162. The van der Waals surface area contributed by atoms with Gasteiger partial charge in [0.05, 0.1) is 25.9 Å². The van der Waals surface area contributed by atoms with E-state index in [4.69, 9.17) is 9.47 Å². The molecule has 0 spiro atoms. The number of hydrogen-bond acceptors (Lipinski definition) is 5. The van der Waals surface area contributed by atoms with Crippen LogP contribution in [0.15, 0.2) is 0 Å². The molecule has 2 heterocycles. The lowest BCUT2D eigenvalue weighted by molar-refractivity contribution is 0.00328. The molecule has 0 radical (unpaired) electrons. The fourth-order valence-electron chi connectivity index (χ4n) is 2.58. The van der Waals surface area contributed by atoms with Crippen molar-refractivity contribution in [1.82, 2.24) is 10.2 Å². The Morgan fingerprint density at radius 3 is 2.72 bits per heavy atom. The highest BCUT2D eigenvalue weighted by molar-refractivity contribution is 4.86. The van der Waals surface area contributed by atoms with Gasteiger partial charge >= 0.3 is 0 Å². The first-order valence-corrected chi connectivity index (χ1v) is 6.99. The summed E-state index contributed by atoms with van der Waals surface area (Å²) in [5.41, 5.74) is 0.0320. The summed E-state index contributed by atoms with van der Waals surface area (Å²) in [6, 6.07) is 0. The molecule has 0 saturated carbocycles. The SMILES string of the molecule is CC1(NCC(O)CN2CCOCC2)CCCOC1. The molecule has 2 aliphatic rings. The van der Waals surface area contributed by atoms with Gasteiger partial charge in [0, 0.05) is 38.3 Å². The van der Waals surface area contributed by atoms with Crippen molar-refractivity contribution in [2.24, 2.45) is 0 Å². The van der Waals surface area contributed by atoms with Gasteiger partial charge in [-0.2, -0.15) is 0 Å². The Balaban J connectivity index is 1.65. The molecule has 2 N–H and O–H groups in total. The first-order chi connectivity index (χ1) is 8.68. The van der Waals surface area contributed by atoms with Gasteiger partial charge in [-0.1, -0.05) is 0 Å². The minimum Gasteiger partial charge on any atom is -0.390 e. The molecule has 0 aromatic heterocycles. The molecule has 0 aliphatic carbocycles. The molecule has 5 nitrogen and oxygen atoms in total. The lowest BCUT2D eigenvalue weighted by Crippen LogP contribution is -2.53. The fraction of sp³-hybridized carbons (Fsp3) is 1.00. The Kier molecular flexibility index (Phi) is 5.38. The largest absolute Gasteiger partial charge is 0.390 e. The van der Waals surface area contributed by atoms with Crippen molar-refractivity contribution >= 4 is 0 Å². The number of hydrogen-bond donors (Lipinski definition) is 2. The number of nitrogens with zero attached hydrogens (tertiary/aromatic N) is 1. The van der Waals surface area contributed by atoms with Gasteiger partial charge in [0.1, 0.15) is 0 Å². The van der Waals surface area contributed by atoms with Crippen molar-refractivity contribution in [2.75, 3.05) is 52.6 Å². The van der Waals surface area contributed by atoms with Crippen LogP contribution in [0.2, 0.25) is 0 Å². The summed E-state index contributed by atoms with van der Waals surface area (Å²) in [6.45, 7) is 8.58. The molecule has 2 fully saturated rings. The zero-order valence-corrected chi connectivity index (χ0v) is 11.4. The van der Waals surface area contributed by atoms with Gasteiger partial charge in [0.25, 0.3) is 0 Å².